The first-order valence-corrected chi connectivity index (χ1v) is 6.72. The zero-order chi connectivity index (χ0) is 15.2. The third kappa shape index (κ3) is 4.40. The van der Waals surface area contributed by atoms with Crippen molar-refractivity contribution in [3.05, 3.63) is 64.9 Å². The van der Waals surface area contributed by atoms with Crippen molar-refractivity contribution in [3.8, 4) is 0 Å². The maximum absolute atomic E-state index is 13.0. The molecule has 0 unspecified atom stereocenters. The Morgan fingerprint density at radius 1 is 1.10 bits per heavy atom. The van der Waals surface area contributed by atoms with E-state index in [1.165, 1.54) is 18.2 Å². The third-order valence-corrected chi connectivity index (χ3v) is 3.00. The summed E-state index contributed by atoms with van der Waals surface area (Å²) >= 11 is 10.7. The highest BCUT2D eigenvalue weighted by Crippen LogP contribution is 2.19. The smallest absolute Gasteiger partial charge is 0.269 e. The standard InChI is InChI=1S/C14H11ClFN3OS/c15-11-8-10(6-7-12(11)16)17-14(21)19-18-13(20)9-4-2-1-3-5-9/h1-8H,(H,18,20)(H2,17,19,21). The number of hydrogen-bond donors (Lipinski definition) is 3. The number of carbonyl (C=O) groups is 1. The van der Waals surface area contributed by atoms with Gasteiger partial charge in [0.1, 0.15) is 5.82 Å². The maximum atomic E-state index is 13.0. The summed E-state index contributed by atoms with van der Waals surface area (Å²) in [7, 11) is 0. The van der Waals surface area contributed by atoms with Crippen molar-refractivity contribution in [2.45, 2.75) is 0 Å². The molecule has 0 radical (unpaired) electrons. The zero-order valence-corrected chi connectivity index (χ0v) is 12.3. The summed E-state index contributed by atoms with van der Waals surface area (Å²) in [4.78, 5) is 11.8. The van der Waals surface area contributed by atoms with Crippen LogP contribution in [0.4, 0.5) is 10.1 Å². The molecule has 2 aromatic rings. The van der Waals surface area contributed by atoms with Crippen molar-refractivity contribution < 1.29 is 9.18 Å². The largest absolute Gasteiger partial charge is 0.331 e. The van der Waals surface area contributed by atoms with Crippen LogP contribution in [-0.4, -0.2) is 11.0 Å². The number of rotatable bonds is 2. The fourth-order valence-electron chi connectivity index (χ4n) is 1.51. The molecule has 3 N–H and O–H groups in total. The van der Waals surface area contributed by atoms with Crippen LogP contribution in [-0.2, 0) is 0 Å². The number of hydrogen-bond acceptors (Lipinski definition) is 2. The van der Waals surface area contributed by atoms with Gasteiger partial charge in [0, 0.05) is 11.3 Å². The number of amides is 1. The normalized spacial score (nSPS) is 9.81. The predicted molar refractivity (Wildman–Crippen MR) is 84.7 cm³/mol. The molecule has 0 aromatic heterocycles. The fourth-order valence-corrected chi connectivity index (χ4v) is 1.86. The Labute approximate surface area is 131 Å². The number of hydrazine groups is 1. The van der Waals surface area contributed by atoms with Gasteiger partial charge in [0.15, 0.2) is 5.11 Å². The number of benzene rings is 2. The quantitative estimate of drug-likeness (QED) is 0.587. The summed E-state index contributed by atoms with van der Waals surface area (Å²) in [6, 6.07) is 12.8. The molecule has 0 aliphatic rings. The van der Waals surface area contributed by atoms with Crippen LogP contribution in [0, 0.1) is 5.82 Å². The highest BCUT2D eigenvalue weighted by atomic mass is 35.5. The molecule has 0 saturated heterocycles. The number of nitrogens with one attached hydrogen (secondary N) is 3. The molecule has 7 heteroatoms. The van der Waals surface area contributed by atoms with Crippen LogP contribution < -0.4 is 16.2 Å². The van der Waals surface area contributed by atoms with E-state index in [1.54, 1.807) is 24.3 Å². The Bertz CT molecular complexity index is 667. The van der Waals surface area contributed by atoms with Gasteiger partial charge in [0.05, 0.1) is 5.02 Å². The topological polar surface area (TPSA) is 53.2 Å². The second kappa shape index (κ2) is 7.01. The van der Waals surface area contributed by atoms with Crippen molar-refractivity contribution in [3.63, 3.8) is 0 Å². The SMILES string of the molecule is O=C(NNC(=S)Nc1ccc(F)c(Cl)c1)c1ccccc1. The van der Waals surface area contributed by atoms with Gasteiger partial charge in [-0.3, -0.25) is 15.6 Å². The average Bonchev–Trinajstić information content (AvgIpc) is 2.49. The molecule has 21 heavy (non-hydrogen) atoms. The minimum Gasteiger partial charge on any atom is -0.331 e. The van der Waals surface area contributed by atoms with E-state index in [9.17, 15) is 9.18 Å². The molecule has 0 fully saturated rings. The molecule has 108 valence electrons. The minimum absolute atomic E-state index is 0.0175. The van der Waals surface area contributed by atoms with Gasteiger partial charge in [-0.2, -0.15) is 0 Å². The first kappa shape index (κ1) is 15.2. The molecule has 4 nitrogen and oxygen atoms in total. The number of thiocarbonyl (C=S) groups is 1. The Morgan fingerprint density at radius 2 is 1.81 bits per heavy atom. The third-order valence-electron chi connectivity index (χ3n) is 2.50. The minimum atomic E-state index is -0.515. The predicted octanol–water partition coefficient (Wildman–Crippen LogP) is 3.11. The molecule has 0 saturated carbocycles. The number of carbonyl (C=O) groups excluding carboxylic acids is 1. The van der Waals surface area contributed by atoms with E-state index < -0.39 is 5.82 Å². The van der Waals surface area contributed by atoms with Crippen molar-refractivity contribution in [2.24, 2.45) is 0 Å². The summed E-state index contributed by atoms with van der Waals surface area (Å²) < 4.78 is 13.0. The summed E-state index contributed by atoms with van der Waals surface area (Å²) in [5, 5.41) is 2.91. The van der Waals surface area contributed by atoms with E-state index >= 15 is 0 Å². The lowest BCUT2D eigenvalue weighted by Gasteiger charge is -2.12. The molecule has 0 bridgehead atoms. The van der Waals surface area contributed by atoms with Gasteiger partial charge < -0.3 is 5.32 Å². The second-order valence-corrected chi connectivity index (χ2v) is 4.84. The average molecular weight is 324 g/mol. The van der Waals surface area contributed by atoms with Crippen LogP contribution in [0.25, 0.3) is 0 Å². The summed E-state index contributed by atoms with van der Waals surface area (Å²) in [6.07, 6.45) is 0. The Hall–Kier alpha value is -2.18. The molecule has 0 spiro atoms. The zero-order valence-electron chi connectivity index (χ0n) is 10.7. The lowest BCUT2D eigenvalue weighted by atomic mass is 10.2. The monoisotopic (exact) mass is 323 g/mol. The first-order valence-electron chi connectivity index (χ1n) is 5.93. The van der Waals surface area contributed by atoms with E-state index in [0.29, 0.717) is 11.3 Å². The first-order chi connectivity index (χ1) is 10.1. The summed E-state index contributed by atoms with van der Waals surface area (Å²) in [5.41, 5.74) is 6.00. The van der Waals surface area contributed by atoms with E-state index in [0.717, 1.165) is 0 Å². The van der Waals surface area contributed by atoms with Gasteiger partial charge in [0.2, 0.25) is 0 Å². The molecular formula is C14H11ClFN3OS. The highest BCUT2D eigenvalue weighted by Gasteiger charge is 2.05. The lowest BCUT2D eigenvalue weighted by molar-refractivity contribution is 0.0944. The molecule has 1 amide bonds. The van der Waals surface area contributed by atoms with Gasteiger partial charge in [-0.25, -0.2) is 4.39 Å². The molecule has 2 rings (SSSR count). The van der Waals surface area contributed by atoms with Crippen molar-refractivity contribution in [2.75, 3.05) is 5.32 Å². The second-order valence-electron chi connectivity index (χ2n) is 4.03. The Kier molecular flexibility index (Phi) is 5.08. The summed E-state index contributed by atoms with van der Waals surface area (Å²) in [6.45, 7) is 0. The van der Waals surface area contributed by atoms with E-state index in [-0.39, 0.29) is 16.0 Å². The van der Waals surface area contributed by atoms with E-state index in [1.807, 2.05) is 6.07 Å². The Morgan fingerprint density at radius 3 is 2.48 bits per heavy atom. The van der Waals surface area contributed by atoms with Crippen molar-refractivity contribution in [1.82, 2.24) is 10.9 Å². The van der Waals surface area contributed by atoms with Gasteiger partial charge in [0.25, 0.3) is 5.91 Å². The maximum Gasteiger partial charge on any atom is 0.269 e. The molecular weight excluding hydrogens is 313 g/mol. The van der Waals surface area contributed by atoms with Gasteiger partial charge in [-0.05, 0) is 42.5 Å². The highest BCUT2D eigenvalue weighted by molar-refractivity contribution is 7.80. The lowest BCUT2D eigenvalue weighted by Crippen LogP contribution is -2.43. The van der Waals surface area contributed by atoms with Crippen LogP contribution in [0.1, 0.15) is 10.4 Å². The van der Waals surface area contributed by atoms with Crippen LogP contribution >= 0.6 is 23.8 Å². The molecule has 0 aliphatic carbocycles. The summed E-state index contributed by atoms with van der Waals surface area (Å²) in [5.74, 6) is -0.838. The van der Waals surface area contributed by atoms with Gasteiger partial charge >= 0.3 is 0 Å². The molecule has 0 heterocycles. The molecule has 0 atom stereocenters. The van der Waals surface area contributed by atoms with Gasteiger partial charge in [-0.15, -0.1) is 0 Å². The molecule has 0 aliphatic heterocycles. The number of halogens is 2. The Balaban J connectivity index is 1.87. The van der Waals surface area contributed by atoms with E-state index in [2.05, 4.69) is 16.2 Å². The van der Waals surface area contributed by atoms with Crippen molar-refractivity contribution >= 4 is 40.5 Å². The number of anilines is 1. The van der Waals surface area contributed by atoms with Crippen LogP contribution in [0.15, 0.2) is 48.5 Å². The van der Waals surface area contributed by atoms with E-state index in [4.69, 9.17) is 23.8 Å². The fraction of sp³-hybridized carbons (Fsp3) is 0. The molecule has 2 aromatic carbocycles. The van der Waals surface area contributed by atoms with Gasteiger partial charge in [-0.1, -0.05) is 29.8 Å². The van der Waals surface area contributed by atoms with Crippen LogP contribution in [0.5, 0.6) is 0 Å². The van der Waals surface area contributed by atoms with Crippen LogP contribution in [0.2, 0.25) is 5.02 Å². The van der Waals surface area contributed by atoms with Crippen molar-refractivity contribution in [1.29, 1.82) is 0 Å². The van der Waals surface area contributed by atoms with Crippen LogP contribution in [0.3, 0.4) is 0 Å².